The van der Waals surface area contributed by atoms with Crippen LogP contribution in [0.25, 0.3) is 0 Å². The first-order valence-electron chi connectivity index (χ1n) is 9.17. The molecule has 2 aromatic rings. The molecule has 1 aromatic heterocycles. The summed E-state index contributed by atoms with van der Waals surface area (Å²) in [5, 5.41) is 4.23. The quantitative estimate of drug-likeness (QED) is 0.827. The van der Waals surface area contributed by atoms with Crippen molar-refractivity contribution in [1.29, 1.82) is 0 Å². The van der Waals surface area contributed by atoms with Gasteiger partial charge in [-0.3, -0.25) is 9.58 Å². The summed E-state index contributed by atoms with van der Waals surface area (Å²) in [6, 6.07) is 6.43. The number of ether oxygens (including phenoxy) is 1. The zero-order chi connectivity index (χ0) is 19.1. The van der Waals surface area contributed by atoms with Crippen LogP contribution in [0.5, 0.6) is 0 Å². The lowest BCUT2D eigenvalue weighted by molar-refractivity contribution is 0.0579. The van der Waals surface area contributed by atoms with E-state index in [1.165, 1.54) is 16.7 Å². The molecule has 1 aliphatic rings. The Labute approximate surface area is 156 Å². The van der Waals surface area contributed by atoms with Crippen LogP contribution in [0.4, 0.5) is 10.5 Å². The molecule has 0 unspecified atom stereocenters. The van der Waals surface area contributed by atoms with Crippen molar-refractivity contribution in [1.82, 2.24) is 9.78 Å². The minimum atomic E-state index is -0.492. The summed E-state index contributed by atoms with van der Waals surface area (Å²) in [5.41, 5.74) is 4.13. The molecule has 0 atom stereocenters. The number of nitrogens with zero attached hydrogens (tertiary/aromatic N) is 3. The third-order valence-electron chi connectivity index (χ3n) is 4.71. The molecule has 140 valence electrons. The Balaban J connectivity index is 1.80. The fraction of sp³-hybridized carbons (Fsp3) is 0.524. The van der Waals surface area contributed by atoms with Crippen LogP contribution >= 0.6 is 0 Å². The number of amides is 1. The lowest BCUT2D eigenvalue weighted by atomic mass is 9.85. The van der Waals surface area contributed by atoms with Crippen molar-refractivity contribution >= 4 is 11.8 Å². The van der Waals surface area contributed by atoms with Gasteiger partial charge in [-0.2, -0.15) is 5.10 Å². The van der Waals surface area contributed by atoms with Crippen molar-refractivity contribution in [2.75, 3.05) is 11.4 Å². The van der Waals surface area contributed by atoms with Gasteiger partial charge in [-0.15, -0.1) is 0 Å². The lowest BCUT2D eigenvalue weighted by Crippen LogP contribution is -2.38. The zero-order valence-electron chi connectivity index (χ0n) is 16.7. The van der Waals surface area contributed by atoms with Crippen molar-refractivity contribution in [3.05, 3.63) is 47.3 Å². The maximum absolute atomic E-state index is 12.6. The topological polar surface area (TPSA) is 47.4 Å². The Morgan fingerprint density at radius 3 is 2.54 bits per heavy atom. The Hall–Kier alpha value is -2.30. The van der Waals surface area contributed by atoms with Crippen LogP contribution in [0.1, 0.15) is 51.3 Å². The summed E-state index contributed by atoms with van der Waals surface area (Å²) in [5.74, 6) is 0. The molecule has 0 saturated carbocycles. The van der Waals surface area contributed by atoms with E-state index in [1.807, 2.05) is 38.7 Å². The van der Waals surface area contributed by atoms with Gasteiger partial charge in [0.1, 0.15) is 5.60 Å². The molecule has 0 spiro atoms. The van der Waals surface area contributed by atoms with Gasteiger partial charge in [-0.05, 0) is 56.4 Å². The average Bonchev–Trinajstić information content (AvgIpc) is 3.05. The number of aromatic nitrogens is 2. The largest absolute Gasteiger partial charge is 0.443 e. The molecule has 0 fully saturated rings. The Kier molecular flexibility index (Phi) is 4.59. The number of anilines is 1. The highest BCUT2D eigenvalue weighted by Crippen LogP contribution is 2.41. The van der Waals surface area contributed by atoms with Crippen LogP contribution in [-0.4, -0.2) is 28.0 Å². The van der Waals surface area contributed by atoms with E-state index in [4.69, 9.17) is 4.74 Å². The second kappa shape index (κ2) is 6.45. The second-order valence-corrected chi connectivity index (χ2v) is 8.82. The normalized spacial score (nSPS) is 15.8. The van der Waals surface area contributed by atoms with E-state index in [2.05, 4.69) is 43.3 Å². The summed E-state index contributed by atoms with van der Waals surface area (Å²) in [6.45, 7) is 10.7. The maximum Gasteiger partial charge on any atom is 0.414 e. The molecule has 0 N–H and O–H groups in total. The number of benzene rings is 1. The van der Waals surface area contributed by atoms with E-state index in [0.717, 1.165) is 18.5 Å². The van der Waals surface area contributed by atoms with Gasteiger partial charge in [0, 0.05) is 25.2 Å². The number of hydrogen-bond acceptors (Lipinski definition) is 3. The van der Waals surface area contributed by atoms with Gasteiger partial charge in [0.05, 0.1) is 11.9 Å². The summed E-state index contributed by atoms with van der Waals surface area (Å²) in [6.07, 6.45) is 5.63. The fourth-order valence-electron chi connectivity index (χ4n) is 3.45. The predicted molar refractivity (Wildman–Crippen MR) is 104 cm³/mol. The number of fused-ring (bicyclic) bond motifs is 1. The standard InChI is InChI=1S/C21H29N3O2/c1-20(2,3)26-19(25)24-14-21(4,5)17-11-15(9-10-18(17)24)7-8-16-12-22-23(6)13-16/h9-13H,7-8,14H2,1-6H3. The van der Waals surface area contributed by atoms with Crippen LogP contribution in [0.3, 0.4) is 0 Å². The Morgan fingerprint density at radius 2 is 1.92 bits per heavy atom. The molecule has 2 heterocycles. The average molecular weight is 355 g/mol. The highest BCUT2D eigenvalue weighted by molar-refractivity contribution is 5.91. The molecule has 5 heteroatoms. The van der Waals surface area contributed by atoms with E-state index < -0.39 is 5.60 Å². The number of hydrogen-bond donors (Lipinski definition) is 0. The summed E-state index contributed by atoms with van der Waals surface area (Å²) in [4.78, 5) is 14.4. The van der Waals surface area contributed by atoms with Crippen LogP contribution in [-0.2, 0) is 30.0 Å². The van der Waals surface area contributed by atoms with Crippen LogP contribution in [0.2, 0.25) is 0 Å². The fourth-order valence-corrected chi connectivity index (χ4v) is 3.45. The SMILES string of the molecule is Cn1cc(CCc2ccc3c(c2)C(C)(C)CN3C(=O)OC(C)(C)C)cn1. The van der Waals surface area contributed by atoms with Crippen molar-refractivity contribution in [3.63, 3.8) is 0 Å². The van der Waals surface area contributed by atoms with Crippen molar-refractivity contribution in [2.24, 2.45) is 7.05 Å². The third-order valence-corrected chi connectivity index (χ3v) is 4.71. The molecule has 1 aromatic carbocycles. The number of carbonyl (C=O) groups excluding carboxylic acids is 1. The summed E-state index contributed by atoms with van der Waals surface area (Å²) >= 11 is 0. The van der Waals surface area contributed by atoms with Crippen LogP contribution in [0.15, 0.2) is 30.6 Å². The lowest BCUT2D eigenvalue weighted by Gasteiger charge is -2.25. The first-order chi connectivity index (χ1) is 12.0. The van der Waals surface area contributed by atoms with E-state index in [9.17, 15) is 4.79 Å². The molecule has 1 aliphatic heterocycles. The molecular formula is C21H29N3O2. The van der Waals surface area contributed by atoms with Crippen LogP contribution < -0.4 is 4.90 Å². The Bertz CT molecular complexity index is 815. The molecule has 26 heavy (non-hydrogen) atoms. The molecule has 0 radical (unpaired) electrons. The van der Waals surface area contributed by atoms with E-state index in [-0.39, 0.29) is 11.5 Å². The third kappa shape index (κ3) is 3.92. The van der Waals surface area contributed by atoms with Gasteiger partial charge < -0.3 is 4.74 Å². The minimum absolute atomic E-state index is 0.0868. The molecule has 0 bridgehead atoms. The van der Waals surface area contributed by atoms with Crippen molar-refractivity contribution in [3.8, 4) is 0 Å². The molecule has 0 saturated heterocycles. The van der Waals surface area contributed by atoms with E-state index in [1.54, 1.807) is 4.90 Å². The molecule has 1 amide bonds. The molecule has 5 nitrogen and oxygen atoms in total. The van der Waals surface area contributed by atoms with Crippen molar-refractivity contribution < 1.29 is 9.53 Å². The van der Waals surface area contributed by atoms with Gasteiger partial charge in [0.2, 0.25) is 0 Å². The van der Waals surface area contributed by atoms with Gasteiger partial charge in [-0.25, -0.2) is 4.79 Å². The van der Waals surface area contributed by atoms with E-state index in [0.29, 0.717) is 6.54 Å². The van der Waals surface area contributed by atoms with Gasteiger partial charge in [-0.1, -0.05) is 26.0 Å². The number of rotatable bonds is 3. The Morgan fingerprint density at radius 1 is 1.23 bits per heavy atom. The molecule has 0 aliphatic carbocycles. The number of aryl methyl sites for hydroxylation is 3. The highest BCUT2D eigenvalue weighted by atomic mass is 16.6. The summed E-state index contributed by atoms with van der Waals surface area (Å²) < 4.78 is 7.42. The van der Waals surface area contributed by atoms with Gasteiger partial charge >= 0.3 is 6.09 Å². The van der Waals surface area contributed by atoms with Gasteiger partial charge in [0.25, 0.3) is 0 Å². The van der Waals surface area contributed by atoms with E-state index >= 15 is 0 Å². The molecule has 3 rings (SSSR count). The van der Waals surface area contributed by atoms with Crippen molar-refractivity contribution in [2.45, 2.75) is 58.5 Å². The highest BCUT2D eigenvalue weighted by Gasteiger charge is 2.39. The number of carbonyl (C=O) groups is 1. The zero-order valence-corrected chi connectivity index (χ0v) is 16.7. The van der Waals surface area contributed by atoms with Gasteiger partial charge in [0.15, 0.2) is 0 Å². The predicted octanol–water partition coefficient (Wildman–Crippen LogP) is 4.24. The minimum Gasteiger partial charge on any atom is -0.443 e. The maximum atomic E-state index is 12.6. The second-order valence-electron chi connectivity index (χ2n) is 8.82. The smallest absolute Gasteiger partial charge is 0.414 e. The first kappa shape index (κ1) is 18.5. The molecular weight excluding hydrogens is 326 g/mol. The monoisotopic (exact) mass is 355 g/mol. The van der Waals surface area contributed by atoms with Crippen LogP contribution in [0, 0.1) is 0 Å². The first-order valence-corrected chi connectivity index (χ1v) is 9.17. The summed E-state index contributed by atoms with van der Waals surface area (Å²) in [7, 11) is 1.94.